The molecule has 0 spiro atoms. The molecule has 0 aliphatic heterocycles. The Labute approximate surface area is 133 Å². The Morgan fingerprint density at radius 3 is 2.61 bits per heavy atom. The van der Waals surface area contributed by atoms with Crippen molar-refractivity contribution in [1.29, 1.82) is 0 Å². The van der Waals surface area contributed by atoms with Gasteiger partial charge in [-0.15, -0.1) is 0 Å². The summed E-state index contributed by atoms with van der Waals surface area (Å²) < 4.78 is 28.2. The van der Waals surface area contributed by atoms with Gasteiger partial charge in [0.05, 0.1) is 6.21 Å². The fraction of sp³-hybridized carbons (Fsp3) is 0.500. The molecule has 0 saturated heterocycles. The number of oxime groups is 1. The van der Waals surface area contributed by atoms with Crippen molar-refractivity contribution in [3.05, 3.63) is 29.8 Å². The normalized spacial score (nSPS) is 15.8. The molecule has 1 N–H and O–H groups in total. The average molecular weight is 326 g/mol. The van der Waals surface area contributed by atoms with Gasteiger partial charge < -0.3 is 14.9 Å². The number of alkyl halides is 2. The van der Waals surface area contributed by atoms with Gasteiger partial charge in [0, 0.05) is 6.04 Å². The molecule has 7 heteroatoms. The summed E-state index contributed by atoms with van der Waals surface area (Å²) in [5.74, 6) is -0.111. The van der Waals surface area contributed by atoms with Crippen LogP contribution in [0.5, 0.6) is 5.75 Å². The number of nitrogens with zero attached hydrogens (tertiary/aromatic N) is 1. The number of hydrogen-bond donors (Lipinski definition) is 1. The lowest BCUT2D eigenvalue weighted by molar-refractivity contribution is -0.126. The molecule has 0 aromatic heterocycles. The van der Waals surface area contributed by atoms with Gasteiger partial charge in [0.1, 0.15) is 5.75 Å². The van der Waals surface area contributed by atoms with Crippen LogP contribution >= 0.6 is 0 Å². The van der Waals surface area contributed by atoms with Crippen LogP contribution < -0.4 is 10.1 Å². The SMILES string of the molecule is O=C(CO/N=C/c1ccc(OC(F)F)cc1)NC1CCCCC1. The van der Waals surface area contributed by atoms with Gasteiger partial charge in [-0.3, -0.25) is 4.79 Å². The second-order valence-corrected chi connectivity index (χ2v) is 5.36. The van der Waals surface area contributed by atoms with Crippen molar-refractivity contribution in [2.24, 2.45) is 5.16 Å². The van der Waals surface area contributed by atoms with Gasteiger partial charge in [0.25, 0.3) is 5.91 Å². The number of halogens is 2. The van der Waals surface area contributed by atoms with Crippen LogP contribution in [0, 0.1) is 0 Å². The van der Waals surface area contributed by atoms with Crippen LogP contribution in [0.4, 0.5) is 8.78 Å². The predicted octanol–water partition coefficient (Wildman–Crippen LogP) is 3.09. The number of amides is 1. The van der Waals surface area contributed by atoms with Gasteiger partial charge in [-0.2, -0.15) is 8.78 Å². The Kier molecular flexibility index (Phi) is 6.77. The zero-order valence-electron chi connectivity index (χ0n) is 12.7. The zero-order chi connectivity index (χ0) is 16.5. The Hall–Kier alpha value is -2.18. The third-order valence-electron chi connectivity index (χ3n) is 3.55. The Balaban J connectivity index is 1.68. The Morgan fingerprint density at radius 2 is 1.96 bits per heavy atom. The van der Waals surface area contributed by atoms with Crippen molar-refractivity contribution < 1.29 is 23.1 Å². The Morgan fingerprint density at radius 1 is 1.26 bits per heavy atom. The van der Waals surface area contributed by atoms with E-state index in [1.165, 1.54) is 24.8 Å². The maximum Gasteiger partial charge on any atom is 0.387 e. The van der Waals surface area contributed by atoms with Gasteiger partial charge in [0.15, 0.2) is 6.61 Å². The molecule has 1 aromatic rings. The second kappa shape index (κ2) is 9.07. The summed E-state index contributed by atoms with van der Waals surface area (Å²) in [4.78, 5) is 16.6. The molecule has 0 bridgehead atoms. The van der Waals surface area contributed by atoms with Crippen LogP contribution in [0.3, 0.4) is 0 Å². The first-order valence-electron chi connectivity index (χ1n) is 7.63. The summed E-state index contributed by atoms with van der Waals surface area (Å²) in [5.41, 5.74) is 0.652. The summed E-state index contributed by atoms with van der Waals surface area (Å²) in [6.45, 7) is -2.99. The van der Waals surface area contributed by atoms with Crippen LogP contribution in [-0.4, -0.2) is 31.4 Å². The molecule has 1 amide bonds. The minimum absolute atomic E-state index is 0.0740. The molecular weight excluding hydrogens is 306 g/mol. The zero-order valence-corrected chi connectivity index (χ0v) is 12.7. The molecule has 2 rings (SSSR count). The van der Waals surface area contributed by atoms with Crippen molar-refractivity contribution in [2.75, 3.05) is 6.61 Å². The molecule has 23 heavy (non-hydrogen) atoms. The minimum atomic E-state index is -2.85. The van der Waals surface area contributed by atoms with E-state index in [0.717, 1.165) is 25.7 Å². The van der Waals surface area contributed by atoms with E-state index in [4.69, 9.17) is 4.84 Å². The first-order chi connectivity index (χ1) is 11.1. The third-order valence-corrected chi connectivity index (χ3v) is 3.55. The highest BCUT2D eigenvalue weighted by Gasteiger charge is 2.15. The van der Waals surface area contributed by atoms with Crippen LogP contribution in [0.25, 0.3) is 0 Å². The lowest BCUT2D eigenvalue weighted by Gasteiger charge is -2.22. The van der Waals surface area contributed by atoms with E-state index in [1.54, 1.807) is 12.1 Å². The molecule has 0 heterocycles. The predicted molar refractivity (Wildman–Crippen MR) is 81.6 cm³/mol. The summed E-state index contributed by atoms with van der Waals surface area (Å²) in [5, 5.41) is 6.61. The third kappa shape index (κ3) is 6.63. The van der Waals surface area contributed by atoms with Crippen molar-refractivity contribution in [3.8, 4) is 5.75 Å². The van der Waals surface area contributed by atoms with Gasteiger partial charge in [-0.1, -0.05) is 24.4 Å². The topological polar surface area (TPSA) is 59.9 Å². The first kappa shape index (κ1) is 17.2. The van der Waals surface area contributed by atoms with Gasteiger partial charge in [0.2, 0.25) is 0 Å². The van der Waals surface area contributed by atoms with E-state index in [0.29, 0.717) is 5.56 Å². The largest absolute Gasteiger partial charge is 0.435 e. The fourth-order valence-corrected chi connectivity index (χ4v) is 2.45. The van der Waals surface area contributed by atoms with Gasteiger partial charge >= 0.3 is 6.61 Å². The lowest BCUT2D eigenvalue weighted by atomic mass is 9.95. The van der Waals surface area contributed by atoms with Crippen molar-refractivity contribution in [1.82, 2.24) is 5.32 Å². The van der Waals surface area contributed by atoms with Gasteiger partial charge in [-0.05, 0) is 42.7 Å². The highest BCUT2D eigenvalue weighted by Crippen LogP contribution is 2.17. The standard InChI is InChI=1S/C16H20F2N2O3/c17-16(18)23-14-8-6-12(7-9-14)10-19-22-11-15(21)20-13-4-2-1-3-5-13/h6-10,13,16H,1-5,11H2,(H,20,21)/b19-10+. The van der Waals surface area contributed by atoms with E-state index in [1.807, 2.05) is 0 Å². The maximum absolute atomic E-state index is 12.0. The number of carbonyl (C=O) groups is 1. The van der Waals surface area contributed by atoms with Crippen LogP contribution in [0.2, 0.25) is 0 Å². The summed E-state index contributed by atoms with van der Waals surface area (Å²) in [6.07, 6.45) is 6.96. The van der Waals surface area contributed by atoms with Crippen molar-refractivity contribution >= 4 is 12.1 Å². The van der Waals surface area contributed by atoms with E-state index < -0.39 is 6.61 Å². The molecule has 1 saturated carbocycles. The smallest absolute Gasteiger partial charge is 0.387 e. The van der Waals surface area contributed by atoms with E-state index in [-0.39, 0.29) is 24.3 Å². The summed E-state index contributed by atoms with van der Waals surface area (Å²) in [7, 11) is 0. The summed E-state index contributed by atoms with van der Waals surface area (Å²) >= 11 is 0. The van der Waals surface area contributed by atoms with E-state index >= 15 is 0 Å². The molecule has 126 valence electrons. The quantitative estimate of drug-likeness (QED) is 0.619. The van der Waals surface area contributed by atoms with Crippen LogP contribution in [0.15, 0.2) is 29.4 Å². The monoisotopic (exact) mass is 326 g/mol. The Bertz CT molecular complexity index is 515. The van der Waals surface area contributed by atoms with Crippen LogP contribution in [-0.2, 0) is 9.63 Å². The molecular formula is C16H20F2N2O3. The maximum atomic E-state index is 12.0. The molecule has 0 radical (unpaired) electrons. The number of nitrogens with one attached hydrogen (secondary N) is 1. The molecule has 0 atom stereocenters. The molecule has 1 fully saturated rings. The molecule has 1 aliphatic rings. The summed E-state index contributed by atoms with van der Waals surface area (Å²) in [6, 6.07) is 6.18. The number of ether oxygens (including phenoxy) is 1. The van der Waals surface area contributed by atoms with Gasteiger partial charge in [-0.25, -0.2) is 0 Å². The number of rotatable bonds is 7. The minimum Gasteiger partial charge on any atom is -0.435 e. The molecule has 1 aromatic carbocycles. The molecule has 1 aliphatic carbocycles. The number of hydrogen-bond acceptors (Lipinski definition) is 4. The van der Waals surface area contributed by atoms with Crippen LogP contribution in [0.1, 0.15) is 37.7 Å². The molecule has 0 unspecified atom stereocenters. The number of carbonyl (C=O) groups excluding carboxylic acids is 1. The fourth-order valence-electron chi connectivity index (χ4n) is 2.45. The molecule has 5 nitrogen and oxygen atoms in total. The average Bonchev–Trinajstić information content (AvgIpc) is 2.53. The highest BCUT2D eigenvalue weighted by atomic mass is 19.3. The second-order valence-electron chi connectivity index (χ2n) is 5.36. The van der Waals surface area contributed by atoms with Crippen molar-refractivity contribution in [3.63, 3.8) is 0 Å². The first-order valence-corrected chi connectivity index (χ1v) is 7.63. The highest BCUT2D eigenvalue weighted by molar-refractivity contribution is 5.80. The van der Waals surface area contributed by atoms with Crippen molar-refractivity contribution in [2.45, 2.75) is 44.8 Å². The van der Waals surface area contributed by atoms with E-state index in [2.05, 4.69) is 15.2 Å². The van der Waals surface area contributed by atoms with E-state index in [9.17, 15) is 13.6 Å². The number of benzene rings is 1. The lowest BCUT2D eigenvalue weighted by Crippen LogP contribution is -2.38.